The molecular weight excluding hydrogens is 268 g/mol. The van der Waals surface area contributed by atoms with E-state index >= 15 is 0 Å². The number of carbonyl (C=O) groups excluding carboxylic acids is 1. The van der Waals surface area contributed by atoms with Crippen LogP contribution in [-0.2, 0) is 4.79 Å². The summed E-state index contributed by atoms with van der Waals surface area (Å²) < 4.78 is 0. The van der Waals surface area contributed by atoms with Gasteiger partial charge in [0, 0.05) is 19.5 Å². The Labute approximate surface area is 127 Å². The van der Waals surface area contributed by atoms with Crippen molar-refractivity contribution in [2.24, 2.45) is 17.8 Å². The maximum Gasteiger partial charge on any atom is 0.314 e. The summed E-state index contributed by atoms with van der Waals surface area (Å²) >= 11 is 0. The molecular formula is C16H30N2O3. The molecule has 0 heterocycles. The number of hydrogen-bond donors (Lipinski definition) is 3. The van der Waals surface area contributed by atoms with Crippen molar-refractivity contribution >= 4 is 12.0 Å². The summed E-state index contributed by atoms with van der Waals surface area (Å²) in [6.07, 6.45) is 7.03. The second kappa shape index (κ2) is 9.64. The van der Waals surface area contributed by atoms with E-state index in [4.69, 9.17) is 5.11 Å². The molecule has 1 fully saturated rings. The summed E-state index contributed by atoms with van der Waals surface area (Å²) in [5.41, 5.74) is 0. The van der Waals surface area contributed by atoms with E-state index in [9.17, 15) is 9.59 Å². The van der Waals surface area contributed by atoms with Gasteiger partial charge in [-0.25, -0.2) is 4.79 Å². The normalized spacial score (nSPS) is 23.3. The molecule has 1 saturated carbocycles. The van der Waals surface area contributed by atoms with Gasteiger partial charge < -0.3 is 15.7 Å². The summed E-state index contributed by atoms with van der Waals surface area (Å²) in [7, 11) is 0. The fourth-order valence-corrected chi connectivity index (χ4v) is 2.88. The SMILES string of the molecule is CCC1CCC(CNC(=O)NCC(C)CCC(=O)O)CC1. The third-order valence-corrected chi connectivity index (χ3v) is 4.56. The highest BCUT2D eigenvalue weighted by Crippen LogP contribution is 2.29. The van der Waals surface area contributed by atoms with Gasteiger partial charge in [-0.1, -0.05) is 33.1 Å². The molecule has 1 atom stereocenters. The highest BCUT2D eigenvalue weighted by molar-refractivity contribution is 5.73. The lowest BCUT2D eigenvalue weighted by Gasteiger charge is -2.27. The predicted molar refractivity (Wildman–Crippen MR) is 83.2 cm³/mol. The Morgan fingerprint density at radius 2 is 1.76 bits per heavy atom. The minimum atomic E-state index is -0.783. The first kappa shape index (κ1) is 17.8. The van der Waals surface area contributed by atoms with Crippen molar-refractivity contribution in [3.05, 3.63) is 0 Å². The maximum absolute atomic E-state index is 11.7. The number of aliphatic carboxylic acids is 1. The van der Waals surface area contributed by atoms with Crippen LogP contribution in [0, 0.1) is 17.8 Å². The highest BCUT2D eigenvalue weighted by Gasteiger charge is 2.20. The summed E-state index contributed by atoms with van der Waals surface area (Å²) in [6, 6.07) is -0.130. The van der Waals surface area contributed by atoms with Crippen molar-refractivity contribution in [3.63, 3.8) is 0 Å². The first-order chi connectivity index (χ1) is 10.0. The predicted octanol–water partition coefficient (Wildman–Crippen LogP) is 3.00. The fraction of sp³-hybridized carbons (Fsp3) is 0.875. The van der Waals surface area contributed by atoms with Gasteiger partial charge in [0.1, 0.15) is 0 Å². The van der Waals surface area contributed by atoms with Crippen LogP contribution in [0.2, 0.25) is 0 Å². The van der Waals surface area contributed by atoms with E-state index in [0.29, 0.717) is 18.9 Å². The van der Waals surface area contributed by atoms with Crippen molar-refractivity contribution in [2.75, 3.05) is 13.1 Å². The third kappa shape index (κ3) is 7.93. The van der Waals surface area contributed by atoms with Gasteiger partial charge in [-0.2, -0.15) is 0 Å². The Bertz CT molecular complexity index is 325. The van der Waals surface area contributed by atoms with Crippen molar-refractivity contribution in [3.8, 4) is 0 Å². The zero-order valence-electron chi connectivity index (χ0n) is 13.4. The molecule has 3 N–H and O–H groups in total. The van der Waals surface area contributed by atoms with E-state index in [1.165, 1.54) is 32.1 Å². The Hall–Kier alpha value is -1.26. The average Bonchev–Trinajstić information content (AvgIpc) is 2.49. The standard InChI is InChI=1S/C16H30N2O3/c1-3-13-5-7-14(8-6-13)11-18-16(21)17-10-12(2)4-9-15(19)20/h12-14H,3-11H2,1-2H3,(H,19,20)(H2,17,18,21). The van der Waals surface area contributed by atoms with E-state index in [-0.39, 0.29) is 18.4 Å². The summed E-state index contributed by atoms with van der Waals surface area (Å²) in [5, 5.41) is 14.4. The number of amides is 2. The molecule has 1 rings (SSSR count). The Morgan fingerprint density at radius 1 is 1.14 bits per heavy atom. The van der Waals surface area contributed by atoms with Gasteiger partial charge in [-0.05, 0) is 37.0 Å². The molecule has 0 radical (unpaired) electrons. The zero-order valence-corrected chi connectivity index (χ0v) is 13.4. The van der Waals surface area contributed by atoms with Gasteiger partial charge in [0.2, 0.25) is 0 Å². The van der Waals surface area contributed by atoms with Gasteiger partial charge in [0.25, 0.3) is 0 Å². The third-order valence-electron chi connectivity index (χ3n) is 4.56. The lowest BCUT2D eigenvalue weighted by atomic mass is 9.81. The second-order valence-electron chi connectivity index (χ2n) is 6.42. The van der Waals surface area contributed by atoms with Crippen molar-refractivity contribution in [1.82, 2.24) is 10.6 Å². The van der Waals surface area contributed by atoms with Crippen LogP contribution in [0.3, 0.4) is 0 Å². The van der Waals surface area contributed by atoms with Crippen LogP contribution in [0.15, 0.2) is 0 Å². The summed E-state index contributed by atoms with van der Waals surface area (Å²) in [4.78, 5) is 22.2. The molecule has 1 aliphatic rings. The first-order valence-electron chi connectivity index (χ1n) is 8.24. The number of nitrogens with one attached hydrogen (secondary N) is 2. The molecule has 0 bridgehead atoms. The Kier molecular flexibility index (Phi) is 8.16. The quantitative estimate of drug-likeness (QED) is 0.644. The van der Waals surface area contributed by atoms with Crippen molar-refractivity contribution in [2.45, 2.75) is 58.8 Å². The second-order valence-corrected chi connectivity index (χ2v) is 6.42. The van der Waals surface area contributed by atoms with Gasteiger partial charge in [-0.3, -0.25) is 4.79 Å². The lowest BCUT2D eigenvalue weighted by molar-refractivity contribution is -0.137. The molecule has 5 nitrogen and oxygen atoms in total. The van der Waals surface area contributed by atoms with Gasteiger partial charge in [0.15, 0.2) is 0 Å². The fourth-order valence-electron chi connectivity index (χ4n) is 2.88. The zero-order chi connectivity index (χ0) is 15.7. The van der Waals surface area contributed by atoms with Gasteiger partial charge >= 0.3 is 12.0 Å². The average molecular weight is 298 g/mol. The molecule has 5 heteroatoms. The van der Waals surface area contributed by atoms with Crippen molar-refractivity contribution in [1.29, 1.82) is 0 Å². The minimum Gasteiger partial charge on any atom is -0.481 e. The van der Waals surface area contributed by atoms with E-state index in [0.717, 1.165) is 12.5 Å². The smallest absolute Gasteiger partial charge is 0.314 e. The van der Waals surface area contributed by atoms with Crippen LogP contribution in [-0.4, -0.2) is 30.2 Å². The van der Waals surface area contributed by atoms with Crippen LogP contribution in [0.4, 0.5) is 4.79 Å². The topological polar surface area (TPSA) is 78.4 Å². The van der Waals surface area contributed by atoms with Crippen LogP contribution < -0.4 is 10.6 Å². The molecule has 0 aromatic heterocycles. The molecule has 1 unspecified atom stereocenters. The summed E-state index contributed by atoms with van der Waals surface area (Å²) in [5.74, 6) is 0.897. The molecule has 0 aromatic rings. The highest BCUT2D eigenvalue weighted by atomic mass is 16.4. The van der Waals surface area contributed by atoms with Crippen LogP contribution in [0.5, 0.6) is 0 Å². The van der Waals surface area contributed by atoms with E-state index in [2.05, 4.69) is 17.6 Å². The lowest BCUT2D eigenvalue weighted by Crippen LogP contribution is -2.40. The van der Waals surface area contributed by atoms with Crippen LogP contribution in [0.1, 0.15) is 58.8 Å². The number of carboxylic acid groups (broad SMARTS) is 1. The maximum atomic E-state index is 11.7. The number of carboxylic acids is 1. The Morgan fingerprint density at radius 3 is 2.33 bits per heavy atom. The largest absolute Gasteiger partial charge is 0.481 e. The molecule has 2 amide bonds. The molecule has 0 aromatic carbocycles. The number of urea groups is 1. The minimum absolute atomic E-state index is 0.130. The molecule has 0 aliphatic heterocycles. The molecule has 21 heavy (non-hydrogen) atoms. The molecule has 122 valence electrons. The molecule has 0 saturated heterocycles. The molecule has 0 spiro atoms. The van der Waals surface area contributed by atoms with Crippen molar-refractivity contribution < 1.29 is 14.7 Å². The van der Waals surface area contributed by atoms with Gasteiger partial charge in [0.05, 0.1) is 0 Å². The summed E-state index contributed by atoms with van der Waals surface area (Å²) in [6.45, 7) is 5.49. The van der Waals surface area contributed by atoms with Crippen LogP contribution in [0.25, 0.3) is 0 Å². The number of carbonyl (C=O) groups is 2. The van der Waals surface area contributed by atoms with E-state index < -0.39 is 5.97 Å². The van der Waals surface area contributed by atoms with Crippen LogP contribution >= 0.6 is 0 Å². The first-order valence-corrected chi connectivity index (χ1v) is 8.24. The van der Waals surface area contributed by atoms with Gasteiger partial charge in [-0.15, -0.1) is 0 Å². The number of hydrogen-bond acceptors (Lipinski definition) is 2. The van der Waals surface area contributed by atoms with E-state index in [1.54, 1.807) is 0 Å². The Balaban J connectivity index is 2.07. The monoisotopic (exact) mass is 298 g/mol. The van der Waals surface area contributed by atoms with E-state index in [1.807, 2.05) is 6.92 Å². The molecule has 1 aliphatic carbocycles. The number of rotatable bonds is 8.